The average molecular weight is 264 g/mol. The predicted octanol–water partition coefficient (Wildman–Crippen LogP) is 3.03. The maximum absolute atomic E-state index is 12.0. The van der Waals surface area contributed by atoms with Crippen molar-refractivity contribution >= 4 is 33.9 Å². The van der Waals surface area contributed by atoms with Crippen LogP contribution in [0.3, 0.4) is 0 Å². The van der Waals surface area contributed by atoms with Crippen LogP contribution in [0.25, 0.3) is 22.3 Å². The number of hydrogen-bond donors (Lipinski definition) is 2. The van der Waals surface area contributed by atoms with Gasteiger partial charge >= 0.3 is 0 Å². The molecular weight excluding hydrogens is 256 g/mol. The van der Waals surface area contributed by atoms with Gasteiger partial charge < -0.3 is 10.2 Å². The Labute approximate surface area is 113 Å². The van der Waals surface area contributed by atoms with Crippen LogP contribution in [0.4, 0.5) is 0 Å². The Bertz CT molecular complexity index is 825. The highest BCUT2D eigenvalue weighted by Gasteiger charge is 2.27. The molecule has 4 nitrogen and oxygen atoms in total. The standard InChI is InChI=1S/C16H8O4/c17-11-5-13(19)9-3-4-10-14(20)6-12(18)8-2-1-7(11)15(9)16(8)10/h1-6,17,20H. The fraction of sp³-hybridized carbons (Fsp3) is 0. The minimum absolute atomic E-state index is 0.118. The number of benzene rings is 2. The van der Waals surface area contributed by atoms with E-state index in [4.69, 9.17) is 0 Å². The molecule has 2 aliphatic rings. The summed E-state index contributed by atoms with van der Waals surface area (Å²) in [6, 6.07) is 6.46. The van der Waals surface area contributed by atoms with Gasteiger partial charge in [0.25, 0.3) is 0 Å². The van der Waals surface area contributed by atoms with Gasteiger partial charge in [-0.2, -0.15) is 0 Å². The molecule has 0 unspecified atom stereocenters. The van der Waals surface area contributed by atoms with Crippen LogP contribution in [-0.4, -0.2) is 21.8 Å². The van der Waals surface area contributed by atoms with Gasteiger partial charge in [-0.3, -0.25) is 9.59 Å². The molecule has 2 aliphatic carbocycles. The Hall–Kier alpha value is -2.88. The second-order valence-electron chi connectivity index (χ2n) is 4.86. The molecule has 0 spiro atoms. The van der Waals surface area contributed by atoms with Gasteiger partial charge in [-0.05, 0) is 24.3 Å². The van der Waals surface area contributed by atoms with E-state index in [0.717, 1.165) is 0 Å². The number of ketones is 2. The van der Waals surface area contributed by atoms with Crippen LogP contribution < -0.4 is 0 Å². The van der Waals surface area contributed by atoms with Gasteiger partial charge in [-0.1, -0.05) is 0 Å². The SMILES string of the molecule is O=C1C=C(O)c2ccc3c4c(ccc1c24)C(O)=CC3=O. The fourth-order valence-electron chi connectivity index (χ4n) is 2.89. The molecule has 0 amide bonds. The third-order valence-electron chi connectivity index (χ3n) is 3.78. The second-order valence-corrected chi connectivity index (χ2v) is 4.86. The molecule has 20 heavy (non-hydrogen) atoms. The number of aliphatic hydroxyl groups excluding tert-OH is 2. The maximum atomic E-state index is 12.0. The molecule has 0 saturated carbocycles. The van der Waals surface area contributed by atoms with Crippen LogP contribution in [0.5, 0.6) is 0 Å². The number of rotatable bonds is 0. The molecule has 4 heteroatoms. The summed E-state index contributed by atoms with van der Waals surface area (Å²) in [4.78, 5) is 24.0. The van der Waals surface area contributed by atoms with Crippen LogP contribution >= 0.6 is 0 Å². The predicted molar refractivity (Wildman–Crippen MR) is 73.8 cm³/mol. The number of hydrogen-bond acceptors (Lipinski definition) is 4. The maximum Gasteiger partial charge on any atom is 0.190 e. The van der Waals surface area contributed by atoms with Crippen molar-refractivity contribution in [1.82, 2.24) is 0 Å². The van der Waals surface area contributed by atoms with E-state index in [1.54, 1.807) is 24.3 Å². The van der Waals surface area contributed by atoms with E-state index in [1.807, 2.05) is 0 Å². The molecular formula is C16H8O4. The van der Waals surface area contributed by atoms with Crippen molar-refractivity contribution in [1.29, 1.82) is 0 Å². The quantitative estimate of drug-likeness (QED) is 0.767. The minimum Gasteiger partial charge on any atom is -0.507 e. The van der Waals surface area contributed by atoms with Crippen molar-refractivity contribution in [3.63, 3.8) is 0 Å². The average Bonchev–Trinajstić information content (AvgIpc) is 2.42. The number of carbonyl (C=O) groups is 2. The number of allylic oxidation sites excluding steroid dienone is 2. The van der Waals surface area contributed by atoms with Crippen molar-refractivity contribution < 1.29 is 19.8 Å². The van der Waals surface area contributed by atoms with Gasteiger partial charge in [-0.15, -0.1) is 0 Å². The lowest BCUT2D eigenvalue weighted by atomic mass is 9.83. The lowest BCUT2D eigenvalue weighted by Crippen LogP contribution is -2.11. The normalized spacial score (nSPS) is 16.2. The van der Waals surface area contributed by atoms with Crippen LogP contribution in [0, 0.1) is 0 Å². The van der Waals surface area contributed by atoms with E-state index in [-0.39, 0.29) is 23.1 Å². The first-order chi connectivity index (χ1) is 9.58. The molecule has 96 valence electrons. The highest BCUT2D eigenvalue weighted by Crippen LogP contribution is 2.39. The summed E-state index contributed by atoms with van der Waals surface area (Å²) in [5.41, 5.74) is 1.87. The summed E-state index contributed by atoms with van der Waals surface area (Å²) < 4.78 is 0. The largest absolute Gasteiger partial charge is 0.507 e. The topological polar surface area (TPSA) is 74.6 Å². The Kier molecular flexibility index (Phi) is 1.85. The molecule has 0 fully saturated rings. The van der Waals surface area contributed by atoms with Gasteiger partial charge in [-0.25, -0.2) is 0 Å². The van der Waals surface area contributed by atoms with Crippen molar-refractivity contribution in [2.24, 2.45) is 0 Å². The zero-order chi connectivity index (χ0) is 14.0. The third kappa shape index (κ3) is 1.15. The molecule has 0 radical (unpaired) electrons. The zero-order valence-corrected chi connectivity index (χ0v) is 10.2. The van der Waals surface area contributed by atoms with Gasteiger partial charge in [0.05, 0.1) is 0 Å². The van der Waals surface area contributed by atoms with Crippen LogP contribution in [0.1, 0.15) is 31.8 Å². The Balaban J connectivity index is 2.30. The Morgan fingerprint density at radius 2 is 0.950 bits per heavy atom. The zero-order valence-electron chi connectivity index (χ0n) is 10.2. The van der Waals surface area contributed by atoms with E-state index >= 15 is 0 Å². The first-order valence-electron chi connectivity index (χ1n) is 6.08. The highest BCUT2D eigenvalue weighted by molar-refractivity contribution is 6.28. The molecule has 2 N–H and O–H groups in total. The van der Waals surface area contributed by atoms with Crippen molar-refractivity contribution in [2.45, 2.75) is 0 Å². The van der Waals surface area contributed by atoms with E-state index < -0.39 is 0 Å². The van der Waals surface area contributed by atoms with E-state index in [1.165, 1.54) is 12.2 Å². The van der Waals surface area contributed by atoms with Gasteiger partial charge in [0.2, 0.25) is 0 Å². The van der Waals surface area contributed by atoms with Gasteiger partial charge in [0, 0.05) is 45.2 Å². The van der Waals surface area contributed by atoms with Crippen LogP contribution in [0.2, 0.25) is 0 Å². The lowest BCUT2D eigenvalue weighted by molar-refractivity contribution is 0.103. The van der Waals surface area contributed by atoms with Crippen molar-refractivity contribution in [3.8, 4) is 0 Å². The molecule has 2 aromatic rings. The third-order valence-corrected chi connectivity index (χ3v) is 3.78. The minimum atomic E-state index is -0.305. The lowest BCUT2D eigenvalue weighted by Gasteiger charge is -2.20. The summed E-state index contributed by atoms with van der Waals surface area (Å²) in [6.07, 6.45) is 2.33. The highest BCUT2D eigenvalue weighted by atomic mass is 16.3. The molecule has 0 bridgehead atoms. The summed E-state index contributed by atoms with van der Waals surface area (Å²) >= 11 is 0. The van der Waals surface area contributed by atoms with Crippen molar-refractivity contribution in [3.05, 3.63) is 58.7 Å². The first-order valence-corrected chi connectivity index (χ1v) is 6.08. The van der Waals surface area contributed by atoms with Gasteiger partial charge in [0.15, 0.2) is 11.6 Å². The molecule has 2 aromatic carbocycles. The van der Waals surface area contributed by atoms with Crippen molar-refractivity contribution in [2.75, 3.05) is 0 Å². The first kappa shape index (κ1) is 11.0. The molecule has 0 heterocycles. The fourth-order valence-corrected chi connectivity index (χ4v) is 2.89. The Morgan fingerprint density at radius 1 is 0.600 bits per heavy atom. The molecule has 0 aromatic heterocycles. The summed E-state index contributed by atoms with van der Waals surface area (Å²) in [5.74, 6) is -0.847. The van der Waals surface area contributed by atoms with E-state index in [9.17, 15) is 19.8 Å². The monoisotopic (exact) mass is 264 g/mol. The molecule has 0 atom stereocenters. The summed E-state index contributed by atoms with van der Waals surface area (Å²) in [6.45, 7) is 0. The second kappa shape index (κ2) is 3.36. The molecule has 0 saturated heterocycles. The van der Waals surface area contributed by atoms with Crippen LogP contribution in [-0.2, 0) is 0 Å². The Morgan fingerprint density at radius 3 is 1.35 bits per heavy atom. The van der Waals surface area contributed by atoms with Crippen LogP contribution in [0.15, 0.2) is 36.4 Å². The molecule has 4 rings (SSSR count). The summed E-state index contributed by atoms with van der Waals surface area (Å²) in [7, 11) is 0. The summed E-state index contributed by atoms with van der Waals surface area (Å²) in [5, 5.41) is 20.9. The van der Waals surface area contributed by atoms with Gasteiger partial charge in [0.1, 0.15) is 11.5 Å². The van der Waals surface area contributed by atoms with E-state index in [2.05, 4.69) is 0 Å². The number of carbonyl (C=O) groups excluding carboxylic acids is 2. The number of aliphatic hydroxyl groups is 2. The smallest absolute Gasteiger partial charge is 0.190 e. The van der Waals surface area contributed by atoms with E-state index in [0.29, 0.717) is 33.0 Å². The molecule has 0 aliphatic heterocycles.